The summed E-state index contributed by atoms with van der Waals surface area (Å²) in [5.74, 6) is 0.00641. The molecule has 1 aliphatic heterocycles. The number of nitrogens with one attached hydrogen (secondary N) is 1. The first kappa shape index (κ1) is 22.8. The largest absolute Gasteiger partial charge is 0.468 e. The van der Waals surface area contributed by atoms with Crippen molar-refractivity contribution in [2.45, 2.75) is 32.0 Å². The Morgan fingerprint density at radius 2 is 1.94 bits per heavy atom. The topological polar surface area (TPSA) is 80.4 Å². The highest BCUT2D eigenvalue weighted by Crippen LogP contribution is 2.30. The van der Waals surface area contributed by atoms with Crippen molar-refractivity contribution in [2.75, 3.05) is 19.6 Å². The molecule has 174 valence electrons. The highest BCUT2D eigenvalue weighted by atomic mass is 19.4. The van der Waals surface area contributed by atoms with Gasteiger partial charge in [0.05, 0.1) is 23.6 Å². The number of aromatic nitrogens is 2. The van der Waals surface area contributed by atoms with Gasteiger partial charge in [0.1, 0.15) is 5.76 Å². The molecule has 1 amide bonds. The average Bonchev–Trinajstić information content (AvgIpc) is 3.48. The molecule has 0 bridgehead atoms. The lowest BCUT2D eigenvalue weighted by atomic mass is 10.2. The van der Waals surface area contributed by atoms with Gasteiger partial charge in [-0.2, -0.15) is 18.3 Å². The number of amides is 1. The van der Waals surface area contributed by atoms with Crippen LogP contribution >= 0.6 is 0 Å². The number of benzene rings is 1. The lowest BCUT2D eigenvalue weighted by Gasteiger charge is -2.25. The Balaban J connectivity index is 1.59. The molecule has 1 fully saturated rings. The number of nitrogens with zero attached hydrogens (tertiary/aromatic N) is 3. The standard InChI is InChI=1S/C23H23F3N4O3/c1-15-12-19(31)21(28-30(15)17-7-4-6-16(13-17)23(24,25)26)22(32)27-14-18(20-8-5-11-33-20)29-9-2-3-10-29/h4-8,11-13,18H,2-3,9-10,14H2,1H3,(H,27,32). The number of halogens is 3. The van der Waals surface area contributed by atoms with Crippen LogP contribution in [0.3, 0.4) is 0 Å². The van der Waals surface area contributed by atoms with E-state index in [1.54, 1.807) is 12.3 Å². The monoisotopic (exact) mass is 460 g/mol. The van der Waals surface area contributed by atoms with Gasteiger partial charge in [0.2, 0.25) is 5.43 Å². The van der Waals surface area contributed by atoms with Crippen molar-refractivity contribution in [1.29, 1.82) is 0 Å². The van der Waals surface area contributed by atoms with Gasteiger partial charge in [0, 0.05) is 18.3 Å². The molecule has 33 heavy (non-hydrogen) atoms. The van der Waals surface area contributed by atoms with Crippen LogP contribution in [0.15, 0.2) is 57.9 Å². The fourth-order valence-corrected chi connectivity index (χ4v) is 4.00. The van der Waals surface area contributed by atoms with Crippen LogP contribution in [0.25, 0.3) is 5.69 Å². The lowest BCUT2D eigenvalue weighted by molar-refractivity contribution is -0.137. The Morgan fingerprint density at radius 3 is 2.61 bits per heavy atom. The van der Waals surface area contributed by atoms with Crippen molar-refractivity contribution in [1.82, 2.24) is 20.0 Å². The third kappa shape index (κ3) is 5.00. The van der Waals surface area contributed by atoms with Crippen molar-refractivity contribution in [3.63, 3.8) is 0 Å². The number of alkyl halides is 3. The summed E-state index contributed by atoms with van der Waals surface area (Å²) in [6, 6.07) is 9.15. The van der Waals surface area contributed by atoms with E-state index in [0.29, 0.717) is 11.5 Å². The van der Waals surface area contributed by atoms with Crippen LogP contribution in [-0.4, -0.2) is 40.2 Å². The number of carbonyl (C=O) groups excluding carboxylic acids is 1. The lowest BCUT2D eigenvalue weighted by Crippen LogP contribution is -2.39. The van der Waals surface area contributed by atoms with Crippen LogP contribution in [0.1, 0.15) is 46.4 Å². The molecule has 0 radical (unpaired) electrons. The minimum atomic E-state index is -4.53. The number of likely N-dealkylation sites (tertiary alicyclic amines) is 1. The van der Waals surface area contributed by atoms with Gasteiger partial charge in [-0.05, 0) is 63.2 Å². The Labute approximate surface area is 187 Å². The van der Waals surface area contributed by atoms with E-state index >= 15 is 0 Å². The molecule has 1 aromatic carbocycles. The first-order valence-corrected chi connectivity index (χ1v) is 10.6. The van der Waals surface area contributed by atoms with Gasteiger partial charge in [-0.25, -0.2) is 4.68 Å². The number of carbonyl (C=O) groups is 1. The molecule has 1 saturated heterocycles. The van der Waals surface area contributed by atoms with E-state index in [4.69, 9.17) is 4.42 Å². The van der Waals surface area contributed by atoms with E-state index in [-0.39, 0.29) is 18.3 Å². The van der Waals surface area contributed by atoms with Gasteiger partial charge in [-0.3, -0.25) is 14.5 Å². The van der Waals surface area contributed by atoms with E-state index in [0.717, 1.165) is 42.7 Å². The minimum Gasteiger partial charge on any atom is -0.468 e. The normalized spacial score (nSPS) is 15.5. The predicted octanol–water partition coefficient (Wildman–Crippen LogP) is 3.72. The van der Waals surface area contributed by atoms with Gasteiger partial charge < -0.3 is 9.73 Å². The van der Waals surface area contributed by atoms with E-state index in [1.807, 2.05) is 6.07 Å². The smallest absolute Gasteiger partial charge is 0.416 e. The highest BCUT2D eigenvalue weighted by molar-refractivity contribution is 5.92. The summed E-state index contributed by atoms with van der Waals surface area (Å²) < 4.78 is 46.1. The van der Waals surface area contributed by atoms with Crippen molar-refractivity contribution in [3.05, 3.63) is 81.7 Å². The van der Waals surface area contributed by atoms with Crippen LogP contribution in [0, 0.1) is 6.92 Å². The first-order valence-electron chi connectivity index (χ1n) is 10.6. The molecular weight excluding hydrogens is 437 g/mol. The zero-order valence-corrected chi connectivity index (χ0v) is 17.9. The molecule has 2 aromatic heterocycles. The van der Waals surface area contributed by atoms with E-state index in [2.05, 4.69) is 15.3 Å². The number of rotatable bonds is 6. The van der Waals surface area contributed by atoms with Gasteiger partial charge in [-0.1, -0.05) is 6.07 Å². The molecule has 1 unspecified atom stereocenters. The van der Waals surface area contributed by atoms with E-state index in [1.165, 1.54) is 25.1 Å². The molecule has 0 aliphatic carbocycles. The van der Waals surface area contributed by atoms with E-state index in [9.17, 15) is 22.8 Å². The molecule has 1 N–H and O–H groups in total. The van der Waals surface area contributed by atoms with Crippen LogP contribution in [0.5, 0.6) is 0 Å². The maximum Gasteiger partial charge on any atom is 0.416 e. The zero-order chi connectivity index (χ0) is 23.6. The summed E-state index contributed by atoms with van der Waals surface area (Å²) in [5, 5.41) is 6.83. The maximum absolute atomic E-state index is 13.1. The molecule has 3 heterocycles. The molecule has 7 nitrogen and oxygen atoms in total. The fourth-order valence-electron chi connectivity index (χ4n) is 4.00. The van der Waals surface area contributed by atoms with E-state index < -0.39 is 28.8 Å². The first-order chi connectivity index (χ1) is 15.7. The van der Waals surface area contributed by atoms with Crippen LogP contribution in [0.2, 0.25) is 0 Å². The molecule has 4 rings (SSSR count). The average molecular weight is 460 g/mol. The Hall–Kier alpha value is -3.40. The fraction of sp³-hybridized carbons (Fsp3) is 0.348. The summed E-state index contributed by atoms with van der Waals surface area (Å²) >= 11 is 0. The minimum absolute atomic E-state index is 0.0990. The van der Waals surface area contributed by atoms with Gasteiger partial charge in [-0.15, -0.1) is 0 Å². The van der Waals surface area contributed by atoms with Crippen LogP contribution in [0.4, 0.5) is 13.2 Å². The third-order valence-electron chi connectivity index (χ3n) is 5.65. The maximum atomic E-state index is 13.1. The summed E-state index contributed by atoms with van der Waals surface area (Å²) in [6.45, 7) is 3.47. The van der Waals surface area contributed by atoms with Crippen molar-refractivity contribution in [2.24, 2.45) is 0 Å². The molecule has 3 aromatic rings. The molecule has 1 aliphatic rings. The third-order valence-corrected chi connectivity index (χ3v) is 5.65. The second-order valence-electron chi connectivity index (χ2n) is 7.94. The summed E-state index contributed by atoms with van der Waals surface area (Å²) in [6.07, 6.45) is -0.867. The molecule has 10 heteroatoms. The van der Waals surface area contributed by atoms with Crippen molar-refractivity contribution < 1.29 is 22.4 Å². The van der Waals surface area contributed by atoms with Gasteiger partial charge in [0.25, 0.3) is 5.91 Å². The predicted molar refractivity (Wildman–Crippen MR) is 114 cm³/mol. The second kappa shape index (κ2) is 9.22. The Bertz CT molecular complexity index is 1180. The Kier molecular flexibility index (Phi) is 6.37. The molecular formula is C23H23F3N4O3. The SMILES string of the molecule is Cc1cc(=O)c(C(=O)NCC(c2ccco2)N2CCCC2)nn1-c1cccc(C(F)(F)F)c1. The molecule has 0 saturated carbocycles. The molecule has 1 atom stereocenters. The number of aryl methyl sites for hydroxylation is 1. The Morgan fingerprint density at radius 1 is 1.18 bits per heavy atom. The van der Waals surface area contributed by atoms with Crippen LogP contribution in [-0.2, 0) is 6.18 Å². The number of hydrogen-bond donors (Lipinski definition) is 1. The van der Waals surface area contributed by atoms with Crippen LogP contribution < -0.4 is 10.7 Å². The van der Waals surface area contributed by atoms with Crippen molar-refractivity contribution in [3.8, 4) is 5.69 Å². The summed E-state index contributed by atoms with van der Waals surface area (Å²) in [7, 11) is 0. The second-order valence-corrected chi connectivity index (χ2v) is 7.94. The van der Waals surface area contributed by atoms with Gasteiger partial charge >= 0.3 is 6.18 Å². The molecule has 0 spiro atoms. The quantitative estimate of drug-likeness (QED) is 0.607. The number of furan rings is 1. The summed E-state index contributed by atoms with van der Waals surface area (Å²) in [4.78, 5) is 27.5. The number of hydrogen-bond acceptors (Lipinski definition) is 5. The summed E-state index contributed by atoms with van der Waals surface area (Å²) in [5.41, 5.74) is -1.44. The van der Waals surface area contributed by atoms with Crippen molar-refractivity contribution >= 4 is 5.91 Å². The zero-order valence-electron chi connectivity index (χ0n) is 17.9. The highest BCUT2D eigenvalue weighted by Gasteiger charge is 2.31. The van der Waals surface area contributed by atoms with Gasteiger partial charge in [0.15, 0.2) is 5.69 Å².